The first-order chi connectivity index (χ1) is 6.07. The molecule has 0 amide bonds. The first-order valence-electron chi connectivity index (χ1n) is 4.93. The van der Waals surface area contributed by atoms with E-state index < -0.39 is 0 Å². The number of hydrogen-bond donors (Lipinski definition) is 1. The standard InChI is InChI=1S/C10H19NO2/c1-8(9(12)13-3)11-10(2)6-4-5-7-10/h8,11H,4-7H2,1-3H3/t8-/m0/s1. The van der Waals surface area contributed by atoms with E-state index in [4.69, 9.17) is 0 Å². The minimum absolute atomic E-state index is 0.146. The highest BCUT2D eigenvalue weighted by atomic mass is 16.5. The number of methoxy groups -OCH3 is 1. The van der Waals surface area contributed by atoms with Crippen molar-refractivity contribution in [2.45, 2.75) is 51.1 Å². The third kappa shape index (κ3) is 2.69. The maximum atomic E-state index is 11.2. The van der Waals surface area contributed by atoms with E-state index in [0.29, 0.717) is 0 Å². The van der Waals surface area contributed by atoms with Crippen LogP contribution in [0.25, 0.3) is 0 Å². The zero-order valence-corrected chi connectivity index (χ0v) is 8.72. The molecule has 0 saturated heterocycles. The topological polar surface area (TPSA) is 38.3 Å². The quantitative estimate of drug-likeness (QED) is 0.677. The largest absolute Gasteiger partial charge is 0.468 e. The molecule has 13 heavy (non-hydrogen) atoms. The molecule has 1 N–H and O–H groups in total. The van der Waals surface area contributed by atoms with Gasteiger partial charge in [-0.1, -0.05) is 12.8 Å². The zero-order chi connectivity index (χ0) is 9.90. The van der Waals surface area contributed by atoms with Crippen molar-refractivity contribution in [3.8, 4) is 0 Å². The Kier molecular flexibility index (Phi) is 3.31. The fraction of sp³-hybridized carbons (Fsp3) is 0.900. The highest BCUT2D eigenvalue weighted by Crippen LogP contribution is 2.29. The Labute approximate surface area is 79.8 Å². The van der Waals surface area contributed by atoms with Gasteiger partial charge < -0.3 is 4.74 Å². The van der Waals surface area contributed by atoms with Crippen LogP contribution >= 0.6 is 0 Å². The number of nitrogens with one attached hydrogen (secondary N) is 1. The zero-order valence-electron chi connectivity index (χ0n) is 8.72. The molecule has 1 aliphatic carbocycles. The molecule has 0 bridgehead atoms. The Balaban J connectivity index is 2.42. The van der Waals surface area contributed by atoms with E-state index in [-0.39, 0.29) is 17.6 Å². The molecule has 1 atom stereocenters. The van der Waals surface area contributed by atoms with Crippen molar-refractivity contribution in [1.29, 1.82) is 0 Å². The molecule has 0 spiro atoms. The Morgan fingerprint density at radius 1 is 1.46 bits per heavy atom. The van der Waals surface area contributed by atoms with E-state index in [1.165, 1.54) is 20.0 Å². The molecule has 0 unspecified atom stereocenters. The summed E-state index contributed by atoms with van der Waals surface area (Å²) in [5.41, 5.74) is 0.146. The lowest BCUT2D eigenvalue weighted by molar-refractivity contribution is -0.143. The van der Waals surface area contributed by atoms with Gasteiger partial charge in [-0.15, -0.1) is 0 Å². The molecule has 1 fully saturated rings. The van der Waals surface area contributed by atoms with Gasteiger partial charge in [-0.25, -0.2) is 0 Å². The van der Waals surface area contributed by atoms with Crippen LogP contribution in [-0.2, 0) is 9.53 Å². The third-order valence-corrected chi connectivity index (χ3v) is 2.83. The van der Waals surface area contributed by atoms with Crippen molar-refractivity contribution in [2.75, 3.05) is 7.11 Å². The predicted octanol–water partition coefficient (Wildman–Crippen LogP) is 1.47. The van der Waals surface area contributed by atoms with Crippen LogP contribution in [0.1, 0.15) is 39.5 Å². The molecule has 1 saturated carbocycles. The van der Waals surface area contributed by atoms with Gasteiger partial charge in [-0.05, 0) is 26.7 Å². The molecule has 76 valence electrons. The van der Waals surface area contributed by atoms with Gasteiger partial charge in [0, 0.05) is 5.54 Å². The molecule has 0 aromatic rings. The number of rotatable bonds is 3. The van der Waals surface area contributed by atoms with Crippen LogP contribution in [0, 0.1) is 0 Å². The average molecular weight is 185 g/mol. The summed E-state index contributed by atoms with van der Waals surface area (Å²) < 4.78 is 4.67. The van der Waals surface area contributed by atoms with Crippen LogP contribution in [0.15, 0.2) is 0 Å². The van der Waals surface area contributed by atoms with E-state index in [1.54, 1.807) is 0 Å². The van der Waals surface area contributed by atoms with Crippen LogP contribution in [0.3, 0.4) is 0 Å². The highest BCUT2D eigenvalue weighted by Gasteiger charge is 2.31. The molecule has 1 rings (SSSR count). The summed E-state index contributed by atoms with van der Waals surface area (Å²) in [6.07, 6.45) is 4.84. The Morgan fingerprint density at radius 3 is 2.46 bits per heavy atom. The first-order valence-corrected chi connectivity index (χ1v) is 4.93. The van der Waals surface area contributed by atoms with Gasteiger partial charge in [-0.2, -0.15) is 0 Å². The minimum atomic E-state index is -0.187. The molecule has 0 aromatic heterocycles. The molecule has 0 heterocycles. The second-order valence-electron chi connectivity index (χ2n) is 4.16. The van der Waals surface area contributed by atoms with E-state index in [2.05, 4.69) is 17.0 Å². The smallest absolute Gasteiger partial charge is 0.322 e. The van der Waals surface area contributed by atoms with Gasteiger partial charge in [0.25, 0.3) is 0 Å². The molecule has 3 heteroatoms. The van der Waals surface area contributed by atoms with Gasteiger partial charge in [0.1, 0.15) is 6.04 Å². The van der Waals surface area contributed by atoms with Gasteiger partial charge >= 0.3 is 5.97 Å². The van der Waals surface area contributed by atoms with Crippen molar-refractivity contribution in [3.05, 3.63) is 0 Å². The predicted molar refractivity (Wildman–Crippen MR) is 51.5 cm³/mol. The van der Waals surface area contributed by atoms with E-state index in [1.807, 2.05) is 6.92 Å². The van der Waals surface area contributed by atoms with E-state index in [0.717, 1.165) is 12.8 Å². The summed E-state index contributed by atoms with van der Waals surface area (Å²) >= 11 is 0. The lowest BCUT2D eigenvalue weighted by atomic mass is 9.99. The second kappa shape index (κ2) is 4.09. The average Bonchev–Trinajstić information content (AvgIpc) is 2.50. The minimum Gasteiger partial charge on any atom is -0.468 e. The van der Waals surface area contributed by atoms with Crippen LogP contribution < -0.4 is 5.32 Å². The van der Waals surface area contributed by atoms with Crippen molar-refractivity contribution in [3.63, 3.8) is 0 Å². The first kappa shape index (κ1) is 10.5. The Morgan fingerprint density at radius 2 is 2.00 bits per heavy atom. The number of hydrogen-bond acceptors (Lipinski definition) is 3. The second-order valence-corrected chi connectivity index (χ2v) is 4.16. The molecule has 1 aliphatic rings. The lowest BCUT2D eigenvalue weighted by Crippen LogP contribution is -2.48. The van der Waals surface area contributed by atoms with Gasteiger partial charge in [0.15, 0.2) is 0 Å². The van der Waals surface area contributed by atoms with Crippen LogP contribution in [0.2, 0.25) is 0 Å². The van der Waals surface area contributed by atoms with Crippen LogP contribution in [-0.4, -0.2) is 24.7 Å². The summed E-state index contributed by atoms with van der Waals surface area (Å²) in [6.45, 7) is 4.04. The molecule has 0 aliphatic heterocycles. The number of carbonyl (C=O) groups is 1. The molecule has 3 nitrogen and oxygen atoms in total. The Bertz CT molecular complexity index is 185. The van der Waals surface area contributed by atoms with E-state index >= 15 is 0 Å². The van der Waals surface area contributed by atoms with E-state index in [9.17, 15) is 4.79 Å². The molecule has 0 aromatic carbocycles. The Hall–Kier alpha value is -0.570. The number of esters is 1. The normalized spacial score (nSPS) is 22.7. The van der Waals surface area contributed by atoms with Crippen LogP contribution in [0.5, 0.6) is 0 Å². The monoisotopic (exact) mass is 185 g/mol. The summed E-state index contributed by atoms with van der Waals surface area (Å²) in [5.74, 6) is -0.173. The van der Waals surface area contributed by atoms with Gasteiger partial charge in [-0.3, -0.25) is 10.1 Å². The maximum absolute atomic E-state index is 11.2. The van der Waals surface area contributed by atoms with Gasteiger partial charge in [0.05, 0.1) is 7.11 Å². The van der Waals surface area contributed by atoms with Crippen molar-refractivity contribution < 1.29 is 9.53 Å². The fourth-order valence-electron chi connectivity index (χ4n) is 2.06. The number of carbonyl (C=O) groups excluding carboxylic acids is 1. The summed E-state index contributed by atoms with van der Waals surface area (Å²) in [5, 5.41) is 3.33. The SMILES string of the molecule is COC(=O)[C@H](C)NC1(C)CCCC1. The summed E-state index contributed by atoms with van der Waals surface area (Å²) in [4.78, 5) is 11.2. The van der Waals surface area contributed by atoms with Crippen LogP contribution in [0.4, 0.5) is 0 Å². The number of ether oxygens (including phenoxy) is 1. The fourth-order valence-corrected chi connectivity index (χ4v) is 2.06. The molecular formula is C10H19NO2. The molecule has 0 radical (unpaired) electrons. The highest BCUT2D eigenvalue weighted by molar-refractivity contribution is 5.75. The van der Waals surface area contributed by atoms with Crippen molar-refractivity contribution >= 4 is 5.97 Å². The lowest BCUT2D eigenvalue weighted by Gasteiger charge is -2.28. The molecular weight excluding hydrogens is 166 g/mol. The third-order valence-electron chi connectivity index (χ3n) is 2.83. The van der Waals surface area contributed by atoms with Crippen molar-refractivity contribution in [2.24, 2.45) is 0 Å². The van der Waals surface area contributed by atoms with Crippen molar-refractivity contribution in [1.82, 2.24) is 5.32 Å². The summed E-state index contributed by atoms with van der Waals surface area (Å²) in [6, 6.07) is -0.187. The maximum Gasteiger partial charge on any atom is 0.322 e. The summed E-state index contributed by atoms with van der Waals surface area (Å²) in [7, 11) is 1.43. The van der Waals surface area contributed by atoms with Gasteiger partial charge in [0.2, 0.25) is 0 Å².